The van der Waals surface area contributed by atoms with E-state index >= 15 is 0 Å². The zero-order chi connectivity index (χ0) is 10.6. The number of nitrogens with zero attached hydrogens (tertiary/aromatic N) is 2. The Bertz CT molecular complexity index is 371. The third kappa shape index (κ3) is 2.60. The fourth-order valence-corrected chi connectivity index (χ4v) is 1.06. The summed E-state index contributed by atoms with van der Waals surface area (Å²) in [4.78, 5) is 1.78. The van der Waals surface area contributed by atoms with Crippen molar-refractivity contribution in [3.05, 3.63) is 41.8 Å². The quantitative estimate of drug-likeness (QED) is 0.669. The summed E-state index contributed by atoms with van der Waals surface area (Å²) in [5, 5.41) is 8.86. The summed E-state index contributed by atoms with van der Waals surface area (Å²) in [5.74, 6) is -0.295. The van der Waals surface area contributed by atoms with Gasteiger partial charge in [-0.3, -0.25) is 0 Å². The fourth-order valence-electron chi connectivity index (χ4n) is 1.06. The number of nitriles is 1. The van der Waals surface area contributed by atoms with Crippen LogP contribution in [0.3, 0.4) is 0 Å². The number of hydrogen-bond donors (Lipinski definition) is 0. The first kappa shape index (κ1) is 10.3. The highest BCUT2D eigenvalue weighted by Crippen LogP contribution is 2.14. The van der Waals surface area contributed by atoms with E-state index in [-0.39, 0.29) is 5.82 Å². The summed E-state index contributed by atoms with van der Waals surface area (Å²) in [6.45, 7) is 0. The molecule has 14 heavy (non-hydrogen) atoms. The van der Waals surface area contributed by atoms with Gasteiger partial charge in [-0.1, -0.05) is 12.1 Å². The largest absolute Gasteiger partial charge is 0.382 e. The van der Waals surface area contributed by atoms with Crippen LogP contribution in [0, 0.1) is 17.1 Å². The van der Waals surface area contributed by atoms with Crippen molar-refractivity contribution in [1.29, 1.82) is 5.26 Å². The highest BCUT2D eigenvalue weighted by molar-refractivity contribution is 5.76. The lowest BCUT2D eigenvalue weighted by molar-refractivity contribution is 0.566. The lowest BCUT2D eigenvalue weighted by Crippen LogP contribution is -2.02. The van der Waals surface area contributed by atoms with E-state index in [0.29, 0.717) is 5.57 Å². The Morgan fingerprint density at radius 3 is 2.36 bits per heavy atom. The normalized spacial score (nSPS) is 10.9. The van der Waals surface area contributed by atoms with Crippen LogP contribution in [0.5, 0.6) is 0 Å². The standard InChI is InChI=1S/C11H11FN2/c1-14(2)8-10(7-13)9-3-5-11(12)6-4-9/h3-6,8H,1-2H3/b10-8+. The van der Waals surface area contributed by atoms with Crippen LogP contribution in [0.1, 0.15) is 5.56 Å². The van der Waals surface area contributed by atoms with Crippen molar-refractivity contribution >= 4 is 5.57 Å². The Morgan fingerprint density at radius 2 is 1.93 bits per heavy atom. The second-order valence-electron chi connectivity index (χ2n) is 3.13. The highest BCUT2D eigenvalue weighted by atomic mass is 19.1. The van der Waals surface area contributed by atoms with Crippen LogP contribution < -0.4 is 0 Å². The molecule has 0 aliphatic carbocycles. The molecule has 2 nitrogen and oxygen atoms in total. The van der Waals surface area contributed by atoms with Gasteiger partial charge in [0.05, 0.1) is 5.57 Å². The van der Waals surface area contributed by atoms with Gasteiger partial charge in [0.25, 0.3) is 0 Å². The van der Waals surface area contributed by atoms with Crippen LogP contribution in [0.15, 0.2) is 30.5 Å². The minimum absolute atomic E-state index is 0.295. The van der Waals surface area contributed by atoms with Gasteiger partial charge in [-0.2, -0.15) is 5.26 Å². The van der Waals surface area contributed by atoms with Crippen molar-refractivity contribution < 1.29 is 4.39 Å². The number of rotatable bonds is 2. The number of halogens is 1. The molecule has 1 rings (SSSR count). The summed E-state index contributed by atoms with van der Waals surface area (Å²) >= 11 is 0. The first-order valence-electron chi connectivity index (χ1n) is 4.18. The summed E-state index contributed by atoms with van der Waals surface area (Å²) in [7, 11) is 3.67. The maximum absolute atomic E-state index is 12.6. The molecule has 0 spiro atoms. The van der Waals surface area contributed by atoms with E-state index < -0.39 is 0 Å². The molecule has 0 radical (unpaired) electrons. The maximum Gasteiger partial charge on any atom is 0.123 e. The number of hydrogen-bond acceptors (Lipinski definition) is 2. The van der Waals surface area contributed by atoms with Crippen molar-refractivity contribution in [3.63, 3.8) is 0 Å². The van der Waals surface area contributed by atoms with Gasteiger partial charge in [-0.25, -0.2) is 4.39 Å². The average molecular weight is 190 g/mol. The van der Waals surface area contributed by atoms with Crippen molar-refractivity contribution in [2.75, 3.05) is 14.1 Å². The first-order chi connectivity index (χ1) is 6.63. The van der Waals surface area contributed by atoms with E-state index in [1.165, 1.54) is 12.1 Å². The Kier molecular flexibility index (Phi) is 3.24. The monoisotopic (exact) mass is 190 g/mol. The van der Waals surface area contributed by atoms with Gasteiger partial charge in [-0.15, -0.1) is 0 Å². The SMILES string of the molecule is CN(C)/C=C(\C#N)c1ccc(F)cc1. The van der Waals surface area contributed by atoms with E-state index in [1.807, 2.05) is 14.1 Å². The maximum atomic E-state index is 12.6. The summed E-state index contributed by atoms with van der Waals surface area (Å²) < 4.78 is 12.6. The molecule has 0 fully saturated rings. The van der Waals surface area contributed by atoms with Crippen LogP contribution in [-0.2, 0) is 0 Å². The van der Waals surface area contributed by atoms with Gasteiger partial charge >= 0.3 is 0 Å². The summed E-state index contributed by atoms with van der Waals surface area (Å²) in [6, 6.07) is 7.94. The van der Waals surface area contributed by atoms with Gasteiger partial charge in [0.15, 0.2) is 0 Å². The molecule has 0 unspecified atom stereocenters. The molecule has 0 aromatic heterocycles. The van der Waals surface area contributed by atoms with Crippen molar-refractivity contribution in [2.45, 2.75) is 0 Å². The van der Waals surface area contributed by atoms with Crippen molar-refractivity contribution in [3.8, 4) is 6.07 Å². The van der Waals surface area contributed by atoms with Crippen molar-refractivity contribution in [1.82, 2.24) is 4.90 Å². The van der Waals surface area contributed by atoms with Gasteiger partial charge in [0.2, 0.25) is 0 Å². The lowest BCUT2D eigenvalue weighted by Gasteiger charge is -2.06. The van der Waals surface area contributed by atoms with Crippen LogP contribution in [0.4, 0.5) is 4.39 Å². The molecule has 3 heteroatoms. The van der Waals surface area contributed by atoms with Crippen LogP contribution >= 0.6 is 0 Å². The average Bonchev–Trinajstić information content (AvgIpc) is 2.15. The Labute approximate surface area is 82.9 Å². The van der Waals surface area contributed by atoms with Crippen molar-refractivity contribution in [2.24, 2.45) is 0 Å². The second kappa shape index (κ2) is 4.43. The molecular formula is C11H11FN2. The minimum Gasteiger partial charge on any atom is -0.382 e. The van der Waals surface area contributed by atoms with Crippen LogP contribution in [0.2, 0.25) is 0 Å². The number of allylic oxidation sites excluding steroid dienone is 1. The van der Waals surface area contributed by atoms with E-state index in [1.54, 1.807) is 23.2 Å². The Hall–Kier alpha value is -1.82. The van der Waals surface area contributed by atoms with Gasteiger partial charge < -0.3 is 4.90 Å². The predicted octanol–water partition coefficient (Wildman–Crippen LogP) is 2.25. The van der Waals surface area contributed by atoms with Crippen LogP contribution in [-0.4, -0.2) is 19.0 Å². The Balaban J connectivity index is 3.03. The minimum atomic E-state index is -0.295. The molecule has 1 aromatic carbocycles. The molecule has 0 bridgehead atoms. The van der Waals surface area contributed by atoms with E-state index in [2.05, 4.69) is 6.07 Å². The smallest absolute Gasteiger partial charge is 0.123 e. The molecular weight excluding hydrogens is 179 g/mol. The molecule has 72 valence electrons. The molecule has 0 aliphatic heterocycles. The topological polar surface area (TPSA) is 27.0 Å². The highest BCUT2D eigenvalue weighted by Gasteiger charge is 2.00. The van der Waals surface area contributed by atoms with Crippen LogP contribution in [0.25, 0.3) is 5.57 Å². The third-order valence-electron chi connectivity index (χ3n) is 1.66. The molecule has 0 saturated heterocycles. The van der Waals surface area contributed by atoms with E-state index in [9.17, 15) is 4.39 Å². The van der Waals surface area contributed by atoms with Gasteiger partial charge in [0.1, 0.15) is 11.9 Å². The van der Waals surface area contributed by atoms with E-state index in [4.69, 9.17) is 5.26 Å². The summed E-state index contributed by atoms with van der Waals surface area (Å²) in [5.41, 5.74) is 1.25. The Morgan fingerprint density at radius 1 is 1.36 bits per heavy atom. The number of benzene rings is 1. The molecule has 0 saturated carbocycles. The zero-order valence-corrected chi connectivity index (χ0v) is 8.16. The molecule has 0 heterocycles. The fraction of sp³-hybridized carbons (Fsp3) is 0.182. The van der Waals surface area contributed by atoms with E-state index in [0.717, 1.165) is 5.56 Å². The molecule has 0 aliphatic rings. The molecule has 0 N–H and O–H groups in total. The molecule has 0 atom stereocenters. The second-order valence-corrected chi connectivity index (χ2v) is 3.13. The predicted molar refractivity (Wildman–Crippen MR) is 53.7 cm³/mol. The first-order valence-corrected chi connectivity index (χ1v) is 4.18. The zero-order valence-electron chi connectivity index (χ0n) is 8.16. The molecule has 0 amide bonds. The summed E-state index contributed by atoms with van der Waals surface area (Å²) in [6.07, 6.45) is 1.70. The van der Waals surface area contributed by atoms with Gasteiger partial charge in [-0.05, 0) is 17.7 Å². The third-order valence-corrected chi connectivity index (χ3v) is 1.66. The molecule has 1 aromatic rings. The van der Waals surface area contributed by atoms with Gasteiger partial charge in [0, 0.05) is 20.3 Å². The lowest BCUT2D eigenvalue weighted by atomic mass is 10.1.